The lowest BCUT2D eigenvalue weighted by molar-refractivity contribution is -0.384. The van der Waals surface area contributed by atoms with E-state index in [4.69, 9.17) is 9.47 Å². The molecule has 0 fully saturated rings. The molecule has 2 aromatic rings. The molecule has 0 bridgehead atoms. The maximum Gasteiger partial charge on any atom is 0.273 e. The summed E-state index contributed by atoms with van der Waals surface area (Å²) in [7, 11) is 3.27. The molecular formula is C14H15N3O4. The van der Waals surface area contributed by atoms with Crippen LogP contribution in [0.1, 0.15) is 5.56 Å². The van der Waals surface area contributed by atoms with Gasteiger partial charge in [0.25, 0.3) is 5.69 Å². The highest BCUT2D eigenvalue weighted by molar-refractivity contribution is 5.50. The number of nitrogens with one attached hydrogen (secondary N) is 1. The van der Waals surface area contributed by atoms with E-state index < -0.39 is 4.92 Å². The van der Waals surface area contributed by atoms with Gasteiger partial charge in [-0.1, -0.05) is 0 Å². The van der Waals surface area contributed by atoms with Crippen molar-refractivity contribution in [3.63, 3.8) is 0 Å². The van der Waals surface area contributed by atoms with E-state index in [1.807, 2.05) is 13.1 Å². The van der Waals surface area contributed by atoms with Gasteiger partial charge in [0, 0.05) is 18.8 Å². The topological polar surface area (TPSA) is 86.5 Å². The van der Waals surface area contributed by atoms with E-state index in [9.17, 15) is 10.1 Å². The predicted octanol–water partition coefficient (Wildman–Crippen LogP) is 2.51. The van der Waals surface area contributed by atoms with Crippen LogP contribution < -0.4 is 14.8 Å². The molecule has 0 aliphatic rings. The van der Waals surface area contributed by atoms with Gasteiger partial charge in [-0.25, -0.2) is 0 Å². The third kappa shape index (κ3) is 3.67. The van der Waals surface area contributed by atoms with Gasteiger partial charge in [-0.3, -0.25) is 15.1 Å². The predicted molar refractivity (Wildman–Crippen MR) is 76.7 cm³/mol. The van der Waals surface area contributed by atoms with Gasteiger partial charge in [0.05, 0.1) is 24.3 Å². The molecule has 0 amide bonds. The smallest absolute Gasteiger partial charge is 0.273 e. The van der Waals surface area contributed by atoms with Crippen molar-refractivity contribution in [3.05, 3.63) is 52.3 Å². The van der Waals surface area contributed by atoms with Gasteiger partial charge in [-0.15, -0.1) is 0 Å². The minimum Gasteiger partial charge on any atom is -0.493 e. The number of aromatic nitrogens is 1. The summed E-state index contributed by atoms with van der Waals surface area (Å²) in [5, 5.41) is 13.8. The normalized spacial score (nSPS) is 10.2. The zero-order valence-electron chi connectivity index (χ0n) is 11.7. The molecule has 7 heteroatoms. The fraction of sp³-hybridized carbons (Fsp3) is 0.214. The number of benzene rings is 1. The molecule has 0 saturated carbocycles. The Kier molecular flexibility index (Phi) is 4.68. The van der Waals surface area contributed by atoms with Gasteiger partial charge in [-0.2, -0.15) is 0 Å². The molecule has 1 aromatic heterocycles. The molecule has 0 spiro atoms. The van der Waals surface area contributed by atoms with Gasteiger partial charge in [0.2, 0.25) is 0 Å². The van der Waals surface area contributed by atoms with Crippen LogP contribution in [0.4, 0.5) is 5.69 Å². The Bertz CT molecular complexity index is 646. The van der Waals surface area contributed by atoms with Crippen LogP contribution >= 0.6 is 0 Å². The Morgan fingerprint density at radius 2 is 2.10 bits per heavy atom. The molecule has 0 saturated heterocycles. The van der Waals surface area contributed by atoms with E-state index in [2.05, 4.69) is 10.3 Å². The van der Waals surface area contributed by atoms with Crippen LogP contribution in [-0.2, 0) is 6.54 Å². The summed E-state index contributed by atoms with van der Waals surface area (Å²) in [6, 6.07) is 6.02. The average Bonchev–Trinajstić information content (AvgIpc) is 2.48. The molecule has 1 aromatic carbocycles. The highest BCUT2D eigenvalue weighted by Gasteiger charge is 2.13. The summed E-state index contributed by atoms with van der Waals surface area (Å²) in [5.74, 6) is 1.23. The van der Waals surface area contributed by atoms with Crippen LogP contribution in [-0.4, -0.2) is 24.1 Å². The molecule has 110 valence electrons. The Hall–Kier alpha value is -2.67. The van der Waals surface area contributed by atoms with Crippen LogP contribution in [0.3, 0.4) is 0 Å². The molecular weight excluding hydrogens is 274 g/mol. The molecule has 0 radical (unpaired) electrons. The number of nitro benzene ring substituents is 1. The summed E-state index contributed by atoms with van der Waals surface area (Å²) >= 11 is 0. The van der Waals surface area contributed by atoms with Crippen LogP contribution in [0.25, 0.3) is 0 Å². The lowest BCUT2D eigenvalue weighted by Crippen LogP contribution is -2.05. The lowest BCUT2D eigenvalue weighted by Gasteiger charge is -2.10. The Balaban J connectivity index is 2.26. The van der Waals surface area contributed by atoms with E-state index >= 15 is 0 Å². The van der Waals surface area contributed by atoms with Crippen molar-refractivity contribution in [2.45, 2.75) is 6.54 Å². The summed E-state index contributed by atoms with van der Waals surface area (Å²) < 4.78 is 10.8. The van der Waals surface area contributed by atoms with E-state index in [1.54, 1.807) is 12.4 Å². The maximum atomic E-state index is 10.7. The number of rotatable bonds is 6. The van der Waals surface area contributed by atoms with Crippen LogP contribution in [0.2, 0.25) is 0 Å². The van der Waals surface area contributed by atoms with Crippen molar-refractivity contribution < 1.29 is 14.4 Å². The largest absolute Gasteiger partial charge is 0.493 e. The number of nitrogens with zero attached hydrogens (tertiary/aromatic N) is 2. The first-order valence-corrected chi connectivity index (χ1v) is 6.23. The quantitative estimate of drug-likeness (QED) is 0.649. The molecule has 0 atom stereocenters. The number of hydrogen-bond donors (Lipinski definition) is 1. The first kappa shape index (κ1) is 14.7. The fourth-order valence-electron chi connectivity index (χ4n) is 1.80. The second-order valence-electron chi connectivity index (χ2n) is 4.25. The number of nitro groups is 1. The third-order valence-corrected chi connectivity index (χ3v) is 2.74. The number of non-ortho nitro benzene ring substituents is 1. The summed E-state index contributed by atoms with van der Waals surface area (Å²) in [6.07, 6.45) is 3.30. The van der Waals surface area contributed by atoms with E-state index in [0.717, 1.165) is 5.56 Å². The van der Waals surface area contributed by atoms with E-state index in [1.165, 1.54) is 25.3 Å². The molecule has 0 aliphatic heterocycles. The molecule has 7 nitrogen and oxygen atoms in total. The van der Waals surface area contributed by atoms with Gasteiger partial charge < -0.3 is 14.8 Å². The second-order valence-corrected chi connectivity index (χ2v) is 4.25. The Morgan fingerprint density at radius 3 is 2.76 bits per heavy atom. The summed E-state index contributed by atoms with van der Waals surface area (Å²) in [6.45, 7) is 0.668. The molecule has 1 heterocycles. The minimum absolute atomic E-state index is 0.0544. The number of pyridine rings is 1. The summed E-state index contributed by atoms with van der Waals surface area (Å²) in [4.78, 5) is 14.3. The zero-order chi connectivity index (χ0) is 15.2. The van der Waals surface area contributed by atoms with Gasteiger partial charge in [0.1, 0.15) is 5.75 Å². The SMILES string of the molecule is CNCc1cncc(Oc2ccc([N+](=O)[O-])cc2OC)c1. The minimum atomic E-state index is -0.485. The van der Waals surface area contributed by atoms with Crippen molar-refractivity contribution in [2.24, 2.45) is 0 Å². The molecule has 0 unspecified atom stereocenters. The van der Waals surface area contributed by atoms with E-state index in [0.29, 0.717) is 23.8 Å². The van der Waals surface area contributed by atoms with Crippen molar-refractivity contribution >= 4 is 5.69 Å². The molecule has 2 rings (SSSR count). The molecule has 21 heavy (non-hydrogen) atoms. The monoisotopic (exact) mass is 289 g/mol. The van der Waals surface area contributed by atoms with Crippen LogP contribution in [0.5, 0.6) is 17.2 Å². The number of ether oxygens (including phenoxy) is 2. The van der Waals surface area contributed by atoms with Crippen molar-refractivity contribution in [2.75, 3.05) is 14.2 Å². The fourth-order valence-corrected chi connectivity index (χ4v) is 1.80. The molecule has 1 N–H and O–H groups in total. The Labute approximate surface area is 121 Å². The van der Waals surface area contributed by atoms with Crippen LogP contribution in [0, 0.1) is 10.1 Å². The standard InChI is InChI=1S/C14H15N3O4/c1-15-7-10-5-12(9-16-8-10)21-13-4-3-11(17(18)19)6-14(13)20-2/h3-6,8-9,15H,7H2,1-2H3. The third-order valence-electron chi connectivity index (χ3n) is 2.74. The highest BCUT2D eigenvalue weighted by Crippen LogP contribution is 2.34. The zero-order valence-corrected chi connectivity index (χ0v) is 11.7. The van der Waals surface area contributed by atoms with Crippen LogP contribution in [0.15, 0.2) is 36.7 Å². The van der Waals surface area contributed by atoms with Gasteiger partial charge in [0.15, 0.2) is 11.5 Å². The first-order chi connectivity index (χ1) is 10.1. The van der Waals surface area contributed by atoms with Gasteiger partial charge in [-0.05, 0) is 24.7 Å². The second kappa shape index (κ2) is 6.67. The first-order valence-electron chi connectivity index (χ1n) is 6.23. The van der Waals surface area contributed by atoms with Crippen molar-refractivity contribution in [1.82, 2.24) is 10.3 Å². The van der Waals surface area contributed by atoms with Crippen molar-refractivity contribution in [3.8, 4) is 17.2 Å². The molecule has 0 aliphatic carbocycles. The average molecular weight is 289 g/mol. The van der Waals surface area contributed by atoms with Crippen molar-refractivity contribution in [1.29, 1.82) is 0 Å². The Morgan fingerprint density at radius 1 is 1.29 bits per heavy atom. The highest BCUT2D eigenvalue weighted by atomic mass is 16.6. The maximum absolute atomic E-state index is 10.7. The number of methoxy groups -OCH3 is 1. The number of hydrogen-bond acceptors (Lipinski definition) is 6. The summed E-state index contributed by atoms with van der Waals surface area (Å²) in [5.41, 5.74) is 0.914. The lowest BCUT2D eigenvalue weighted by atomic mass is 10.2. The van der Waals surface area contributed by atoms with Gasteiger partial charge >= 0.3 is 0 Å². The van der Waals surface area contributed by atoms with E-state index in [-0.39, 0.29) is 5.69 Å².